The van der Waals surface area contributed by atoms with E-state index in [1.165, 1.54) is 0 Å². The Hall–Kier alpha value is -2.18. The predicted octanol–water partition coefficient (Wildman–Crippen LogP) is 1.39. The Kier molecular flexibility index (Phi) is 4.72. The number of aryl methyl sites for hydroxylation is 1. The van der Waals surface area contributed by atoms with Gasteiger partial charge in [-0.05, 0) is 25.8 Å². The number of aromatic nitrogens is 2. The second kappa shape index (κ2) is 6.51. The molecule has 1 atom stereocenters. The van der Waals surface area contributed by atoms with Crippen LogP contribution in [0.3, 0.4) is 0 Å². The quantitative estimate of drug-likeness (QED) is 0.834. The van der Waals surface area contributed by atoms with E-state index in [0.29, 0.717) is 11.4 Å². The topological polar surface area (TPSA) is 79.8 Å². The van der Waals surface area contributed by atoms with E-state index in [9.17, 15) is 5.26 Å². The predicted molar refractivity (Wildman–Crippen MR) is 79.7 cm³/mol. The van der Waals surface area contributed by atoms with Gasteiger partial charge in [0.1, 0.15) is 11.6 Å². The van der Waals surface area contributed by atoms with Crippen LogP contribution in [0.2, 0.25) is 0 Å². The molecule has 2 heterocycles. The average Bonchev–Trinajstić information content (AvgIpc) is 2.52. The lowest BCUT2D eigenvalue weighted by molar-refractivity contribution is 0.216. The van der Waals surface area contributed by atoms with Crippen molar-refractivity contribution in [2.45, 2.75) is 33.2 Å². The van der Waals surface area contributed by atoms with Crippen molar-refractivity contribution in [1.29, 1.82) is 10.5 Å². The van der Waals surface area contributed by atoms with Crippen molar-refractivity contribution in [3.8, 4) is 12.1 Å². The highest BCUT2D eigenvalue weighted by Crippen LogP contribution is 2.22. The summed E-state index contributed by atoms with van der Waals surface area (Å²) in [5.74, 6) is 0.672. The first-order valence-corrected chi connectivity index (χ1v) is 7.25. The number of hydrogen-bond donors (Lipinski definition) is 0. The Morgan fingerprint density at radius 2 is 1.81 bits per heavy atom. The van der Waals surface area contributed by atoms with Gasteiger partial charge in [0.25, 0.3) is 0 Å². The zero-order valence-electron chi connectivity index (χ0n) is 12.8. The molecule has 0 radical (unpaired) electrons. The van der Waals surface area contributed by atoms with Crippen molar-refractivity contribution < 1.29 is 0 Å². The molecule has 1 aliphatic rings. The van der Waals surface area contributed by atoms with Crippen LogP contribution in [0.25, 0.3) is 0 Å². The average molecular weight is 284 g/mol. The minimum Gasteiger partial charge on any atom is -0.351 e. The molecule has 1 aromatic heterocycles. The number of piperazine rings is 1. The Bertz CT molecular complexity index is 589. The van der Waals surface area contributed by atoms with E-state index in [1.54, 1.807) is 0 Å². The Labute approximate surface area is 125 Å². The van der Waals surface area contributed by atoms with Gasteiger partial charge in [0.05, 0.1) is 17.8 Å². The van der Waals surface area contributed by atoms with Crippen molar-refractivity contribution in [2.75, 3.05) is 31.1 Å². The zero-order chi connectivity index (χ0) is 15.4. The largest absolute Gasteiger partial charge is 0.351 e. The van der Waals surface area contributed by atoms with Gasteiger partial charge in [-0.3, -0.25) is 4.90 Å². The molecule has 6 nitrogen and oxygen atoms in total. The van der Waals surface area contributed by atoms with Gasteiger partial charge in [-0.2, -0.15) is 15.6 Å². The van der Waals surface area contributed by atoms with Crippen LogP contribution in [-0.4, -0.2) is 47.3 Å². The standard InChI is InChI=1S/C15H20N6/c1-4-13(9-16)20-5-7-21(8-6-20)15-14(10-17)11(2)12(3)18-19-15/h13H,4-8H2,1-3H3. The van der Waals surface area contributed by atoms with E-state index >= 15 is 0 Å². The monoisotopic (exact) mass is 284 g/mol. The maximum absolute atomic E-state index is 9.37. The SMILES string of the molecule is CCC(C#N)N1CCN(c2nnc(C)c(C)c2C#N)CC1. The van der Waals surface area contributed by atoms with Crippen molar-refractivity contribution in [3.63, 3.8) is 0 Å². The van der Waals surface area contributed by atoms with Crippen molar-refractivity contribution in [1.82, 2.24) is 15.1 Å². The van der Waals surface area contributed by atoms with Crippen LogP contribution in [0.1, 0.15) is 30.2 Å². The maximum atomic E-state index is 9.37. The summed E-state index contributed by atoms with van der Waals surface area (Å²) in [6.45, 7) is 8.96. The highest BCUT2D eigenvalue weighted by molar-refractivity contribution is 5.57. The minimum atomic E-state index is -0.0200. The van der Waals surface area contributed by atoms with Crippen LogP contribution in [0.4, 0.5) is 5.82 Å². The van der Waals surface area contributed by atoms with Crippen LogP contribution in [0.15, 0.2) is 0 Å². The molecule has 6 heteroatoms. The van der Waals surface area contributed by atoms with Crippen LogP contribution >= 0.6 is 0 Å². The molecule has 1 unspecified atom stereocenters. The molecule has 0 saturated carbocycles. The molecule has 2 rings (SSSR count). The zero-order valence-corrected chi connectivity index (χ0v) is 12.8. The molecule has 0 spiro atoms. The van der Waals surface area contributed by atoms with Gasteiger partial charge in [0, 0.05) is 26.2 Å². The third-order valence-electron chi connectivity index (χ3n) is 4.14. The molecule has 21 heavy (non-hydrogen) atoms. The van der Waals surface area contributed by atoms with Gasteiger partial charge in [-0.15, -0.1) is 5.10 Å². The summed E-state index contributed by atoms with van der Waals surface area (Å²) in [5.41, 5.74) is 2.31. The van der Waals surface area contributed by atoms with Crippen molar-refractivity contribution >= 4 is 5.82 Å². The molecule has 0 N–H and O–H groups in total. The number of rotatable bonds is 3. The van der Waals surface area contributed by atoms with Crippen molar-refractivity contribution in [3.05, 3.63) is 16.8 Å². The summed E-state index contributed by atoms with van der Waals surface area (Å²) >= 11 is 0. The number of anilines is 1. The van der Waals surface area contributed by atoms with E-state index in [2.05, 4.69) is 32.1 Å². The summed E-state index contributed by atoms with van der Waals surface area (Å²) in [7, 11) is 0. The van der Waals surface area contributed by atoms with E-state index in [1.807, 2.05) is 20.8 Å². The fraction of sp³-hybridized carbons (Fsp3) is 0.600. The van der Waals surface area contributed by atoms with Crippen LogP contribution in [-0.2, 0) is 0 Å². The number of nitrogens with zero attached hydrogens (tertiary/aromatic N) is 6. The highest BCUT2D eigenvalue weighted by Gasteiger charge is 2.25. The Balaban J connectivity index is 2.15. The van der Waals surface area contributed by atoms with Crippen molar-refractivity contribution in [2.24, 2.45) is 0 Å². The van der Waals surface area contributed by atoms with Gasteiger partial charge in [0.2, 0.25) is 0 Å². The molecule has 0 amide bonds. The van der Waals surface area contributed by atoms with Gasteiger partial charge in [0.15, 0.2) is 5.82 Å². The second-order valence-corrected chi connectivity index (χ2v) is 5.30. The van der Waals surface area contributed by atoms with E-state index in [4.69, 9.17) is 5.26 Å². The molecule has 0 aliphatic carbocycles. The Morgan fingerprint density at radius 3 is 2.33 bits per heavy atom. The smallest absolute Gasteiger partial charge is 0.169 e. The Morgan fingerprint density at radius 1 is 1.14 bits per heavy atom. The van der Waals surface area contributed by atoms with E-state index in [-0.39, 0.29) is 6.04 Å². The molecule has 1 saturated heterocycles. The van der Waals surface area contributed by atoms with Gasteiger partial charge < -0.3 is 4.90 Å². The third-order valence-corrected chi connectivity index (χ3v) is 4.14. The van der Waals surface area contributed by atoms with Crippen LogP contribution < -0.4 is 4.90 Å². The fourth-order valence-corrected chi connectivity index (χ4v) is 2.63. The van der Waals surface area contributed by atoms with E-state index in [0.717, 1.165) is 43.9 Å². The number of nitriles is 2. The summed E-state index contributed by atoms with van der Waals surface area (Å²) in [6.07, 6.45) is 0.837. The summed E-state index contributed by atoms with van der Waals surface area (Å²) in [4.78, 5) is 4.29. The molecule has 1 fully saturated rings. The highest BCUT2D eigenvalue weighted by atomic mass is 15.3. The minimum absolute atomic E-state index is 0.0200. The molecule has 110 valence electrons. The second-order valence-electron chi connectivity index (χ2n) is 5.30. The molecular formula is C15H20N6. The van der Waals surface area contributed by atoms with Gasteiger partial charge in [-0.1, -0.05) is 6.92 Å². The van der Waals surface area contributed by atoms with Crippen LogP contribution in [0, 0.1) is 36.5 Å². The van der Waals surface area contributed by atoms with Gasteiger partial charge in [-0.25, -0.2) is 0 Å². The number of hydrogen-bond acceptors (Lipinski definition) is 6. The first-order valence-electron chi connectivity index (χ1n) is 7.25. The maximum Gasteiger partial charge on any atom is 0.169 e. The first kappa shape index (κ1) is 15.2. The van der Waals surface area contributed by atoms with Gasteiger partial charge >= 0.3 is 0 Å². The summed E-state index contributed by atoms with van der Waals surface area (Å²) in [6, 6.07) is 4.57. The van der Waals surface area contributed by atoms with E-state index < -0.39 is 0 Å². The molecule has 1 aliphatic heterocycles. The summed E-state index contributed by atoms with van der Waals surface area (Å²) < 4.78 is 0. The first-order chi connectivity index (χ1) is 10.1. The third kappa shape index (κ3) is 2.96. The lowest BCUT2D eigenvalue weighted by Crippen LogP contribution is -2.50. The fourth-order valence-electron chi connectivity index (χ4n) is 2.63. The lowest BCUT2D eigenvalue weighted by Gasteiger charge is -2.37. The molecule has 1 aromatic rings. The normalized spacial score (nSPS) is 17.1. The molecular weight excluding hydrogens is 264 g/mol. The summed E-state index contributed by atoms with van der Waals surface area (Å²) in [5, 5.41) is 26.9. The molecule has 0 bridgehead atoms. The lowest BCUT2D eigenvalue weighted by atomic mass is 10.1. The van der Waals surface area contributed by atoms with Crippen LogP contribution in [0.5, 0.6) is 0 Å². The molecule has 0 aromatic carbocycles.